The van der Waals surface area contributed by atoms with Crippen molar-refractivity contribution in [1.82, 2.24) is 10.2 Å². The molecule has 2 saturated heterocycles. The molecule has 3 heterocycles. The first-order valence-electron chi connectivity index (χ1n) is 11.7. The Morgan fingerprint density at radius 3 is 2.41 bits per heavy atom. The maximum atomic E-state index is 9.97. The summed E-state index contributed by atoms with van der Waals surface area (Å²) in [7, 11) is 0. The predicted molar refractivity (Wildman–Crippen MR) is 137 cm³/mol. The lowest BCUT2D eigenvalue weighted by atomic mass is 9.74. The normalized spacial score (nSPS) is 16.9. The van der Waals surface area contributed by atoms with E-state index >= 15 is 0 Å². The van der Waals surface area contributed by atoms with Crippen LogP contribution in [0.4, 0.5) is 0 Å². The van der Waals surface area contributed by atoms with Crippen LogP contribution in [0.5, 0.6) is 23.0 Å². The number of phenols is 1. The van der Waals surface area contributed by atoms with Crippen molar-refractivity contribution in [3.05, 3.63) is 72.3 Å². The van der Waals surface area contributed by atoms with E-state index in [1.54, 1.807) is 23.5 Å². The summed E-state index contributed by atoms with van der Waals surface area (Å²) in [5.41, 5.74) is 2.88. The highest BCUT2D eigenvalue weighted by Gasteiger charge is 2.46. The standard InChI is InChI=1S/C28H28N2O3S/c1-19-2-4-20(5-3-19)27-26(24-11-6-21(31)14-25(24)34-27)33-23-9-7-22(8-10-23)32-13-12-30-17-28(18-30)15-29-16-28/h2-11,14,29,31H,12-13,15-18H2,1H3. The van der Waals surface area contributed by atoms with Gasteiger partial charge in [-0.1, -0.05) is 29.8 Å². The molecule has 0 aliphatic carbocycles. The van der Waals surface area contributed by atoms with Gasteiger partial charge < -0.3 is 19.9 Å². The number of hydrogen-bond donors (Lipinski definition) is 2. The van der Waals surface area contributed by atoms with Gasteiger partial charge in [0.2, 0.25) is 0 Å². The zero-order chi connectivity index (χ0) is 23.1. The topological polar surface area (TPSA) is 54.0 Å². The molecular formula is C28H28N2O3S. The van der Waals surface area contributed by atoms with Gasteiger partial charge in [0.25, 0.3) is 0 Å². The number of nitrogens with zero attached hydrogens (tertiary/aromatic N) is 1. The molecule has 2 aliphatic heterocycles. The molecule has 1 spiro atoms. The molecule has 0 atom stereocenters. The lowest BCUT2D eigenvalue weighted by Crippen LogP contribution is -2.71. The van der Waals surface area contributed by atoms with Gasteiger partial charge in [-0.2, -0.15) is 0 Å². The van der Waals surface area contributed by atoms with Crippen molar-refractivity contribution in [3.8, 4) is 33.4 Å². The summed E-state index contributed by atoms with van der Waals surface area (Å²) < 4.78 is 13.4. The molecule has 3 aromatic carbocycles. The number of benzene rings is 3. The van der Waals surface area contributed by atoms with E-state index in [2.05, 4.69) is 41.4 Å². The monoisotopic (exact) mass is 472 g/mol. The van der Waals surface area contributed by atoms with Crippen molar-refractivity contribution in [3.63, 3.8) is 0 Å². The summed E-state index contributed by atoms with van der Waals surface area (Å²) in [6, 6.07) is 21.7. The van der Waals surface area contributed by atoms with Gasteiger partial charge in [-0.05, 0) is 55.0 Å². The van der Waals surface area contributed by atoms with Gasteiger partial charge >= 0.3 is 0 Å². The summed E-state index contributed by atoms with van der Waals surface area (Å²) in [5.74, 6) is 2.69. The van der Waals surface area contributed by atoms with Gasteiger partial charge in [0, 0.05) is 48.2 Å². The van der Waals surface area contributed by atoms with Gasteiger partial charge in [0.15, 0.2) is 5.75 Å². The minimum absolute atomic E-state index is 0.259. The molecule has 174 valence electrons. The Balaban J connectivity index is 1.16. The molecule has 4 aromatic rings. The van der Waals surface area contributed by atoms with Crippen LogP contribution in [-0.2, 0) is 0 Å². The number of aromatic hydroxyl groups is 1. The van der Waals surface area contributed by atoms with Gasteiger partial charge in [-0.25, -0.2) is 0 Å². The number of likely N-dealkylation sites (tertiary alicyclic amines) is 1. The Kier molecular flexibility index (Phi) is 5.44. The number of rotatable bonds is 7. The zero-order valence-corrected chi connectivity index (χ0v) is 20.0. The highest BCUT2D eigenvalue weighted by Crippen LogP contribution is 2.47. The highest BCUT2D eigenvalue weighted by molar-refractivity contribution is 7.22. The maximum Gasteiger partial charge on any atom is 0.153 e. The van der Waals surface area contributed by atoms with E-state index in [4.69, 9.17) is 9.47 Å². The van der Waals surface area contributed by atoms with E-state index in [1.165, 1.54) is 18.7 Å². The summed E-state index contributed by atoms with van der Waals surface area (Å²) in [6.45, 7) is 8.45. The average molecular weight is 473 g/mol. The third-order valence-corrected chi connectivity index (χ3v) is 7.96. The first-order chi connectivity index (χ1) is 16.6. The number of thiophene rings is 1. The van der Waals surface area contributed by atoms with Crippen LogP contribution in [0.1, 0.15) is 5.56 Å². The average Bonchev–Trinajstić information content (AvgIpc) is 3.13. The van der Waals surface area contributed by atoms with Crippen LogP contribution in [0, 0.1) is 12.3 Å². The summed E-state index contributed by atoms with van der Waals surface area (Å²) >= 11 is 1.63. The number of hydrogen-bond acceptors (Lipinski definition) is 6. The fourth-order valence-corrected chi connectivity index (χ4v) is 6.00. The van der Waals surface area contributed by atoms with Gasteiger partial charge in [0.1, 0.15) is 23.9 Å². The largest absolute Gasteiger partial charge is 0.508 e. The first-order valence-corrected chi connectivity index (χ1v) is 12.6. The molecule has 0 saturated carbocycles. The maximum absolute atomic E-state index is 9.97. The van der Waals surface area contributed by atoms with Gasteiger partial charge in [-0.15, -0.1) is 11.3 Å². The van der Waals surface area contributed by atoms with Gasteiger partial charge in [0.05, 0.1) is 4.88 Å². The minimum atomic E-state index is 0.259. The molecule has 2 aliphatic rings. The molecule has 0 bridgehead atoms. The molecular weight excluding hydrogens is 444 g/mol. The number of fused-ring (bicyclic) bond motifs is 1. The summed E-state index contributed by atoms with van der Waals surface area (Å²) in [4.78, 5) is 3.51. The summed E-state index contributed by atoms with van der Waals surface area (Å²) in [6.07, 6.45) is 0. The number of nitrogens with one attached hydrogen (secondary N) is 1. The fourth-order valence-electron chi connectivity index (χ4n) is 4.83. The molecule has 1 aromatic heterocycles. The minimum Gasteiger partial charge on any atom is -0.508 e. The number of phenolic OH excluding ortho intramolecular Hbond substituents is 1. The lowest BCUT2D eigenvalue weighted by molar-refractivity contribution is -0.0440. The molecule has 0 unspecified atom stereocenters. The molecule has 34 heavy (non-hydrogen) atoms. The van der Waals surface area contributed by atoms with Crippen LogP contribution in [-0.4, -0.2) is 49.3 Å². The highest BCUT2D eigenvalue weighted by atomic mass is 32.1. The van der Waals surface area contributed by atoms with Crippen molar-refractivity contribution in [2.45, 2.75) is 6.92 Å². The summed E-state index contributed by atoms with van der Waals surface area (Å²) in [5, 5.41) is 14.3. The van der Waals surface area contributed by atoms with Crippen LogP contribution in [0.25, 0.3) is 20.5 Å². The molecule has 0 amide bonds. The second-order valence-corrected chi connectivity index (χ2v) is 10.6. The molecule has 2 fully saturated rings. The zero-order valence-electron chi connectivity index (χ0n) is 19.2. The Morgan fingerprint density at radius 2 is 1.71 bits per heavy atom. The van der Waals surface area contributed by atoms with E-state index in [9.17, 15) is 5.11 Å². The van der Waals surface area contributed by atoms with E-state index < -0.39 is 0 Å². The molecule has 2 N–H and O–H groups in total. The Morgan fingerprint density at radius 1 is 0.971 bits per heavy atom. The molecule has 6 rings (SSSR count). The third kappa shape index (κ3) is 4.13. The molecule has 5 nitrogen and oxygen atoms in total. The third-order valence-electron chi connectivity index (χ3n) is 6.78. The van der Waals surface area contributed by atoms with Crippen LogP contribution in [0.3, 0.4) is 0 Å². The Bertz CT molecular complexity index is 1300. The van der Waals surface area contributed by atoms with Crippen LogP contribution in [0.2, 0.25) is 0 Å². The lowest BCUT2D eigenvalue weighted by Gasteiger charge is -2.56. The van der Waals surface area contributed by atoms with Crippen molar-refractivity contribution < 1.29 is 14.6 Å². The van der Waals surface area contributed by atoms with E-state index in [0.29, 0.717) is 12.0 Å². The van der Waals surface area contributed by atoms with E-state index in [0.717, 1.165) is 57.4 Å². The van der Waals surface area contributed by atoms with Crippen LogP contribution < -0.4 is 14.8 Å². The second-order valence-electron chi connectivity index (χ2n) is 9.54. The van der Waals surface area contributed by atoms with E-state index in [-0.39, 0.29) is 5.75 Å². The van der Waals surface area contributed by atoms with Crippen LogP contribution >= 0.6 is 11.3 Å². The van der Waals surface area contributed by atoms with Crippen molar-refractivity contribution >= 4 is 21.4 Å². The van der Waals surface area contributed by atoms with Crippen molar-refractivity contribution in [2.24, 2.45) is 5.41 Å². The Labute approximate surface area is 203 Å². The quantitative estimate of drug-likeness (QED) is 0.364. The predicted octanol–water partition coefficient (Wildman–Crippen LogP) is 5.66. The molecule has 0 radical (unpaired) electrons. The van der Waals surface area contributed by atoms with E-state index in [1.807, 2.05) is 30.3 Å². The molecule has 6 heteroatoms. The second kappa shape index (κ2) is 8.62. The van der Waals surface area contributed by atoms with Crippen LogP contribution in [0.15, 0.2) is 66.7 Å². The number of aryl methyl sites for hydroxylation is 1. The fraction of sp³-hybridized carbons (Fsp3) is 0.286. The SMILES string of the molecule is Cc1ccc(-c2sc3cc(O)ccc3c2Oc2ccc(OCCN3CC4(CNC4)C3)cc2)cc1. The van der Waals surface area contributed by atoms with Crippen molar-refractivity contribution in [1.29, 1.82) is 0 Å². The smallest absolute Gasteiger partial charge is 0.153 e. The Hall–Kier alpha value is -3.06. The van der Waals surface area contributed by atoms with Gasteiger partial charge in [-0.3, -0.25) is 4.90 Å². The number of ether oxygens (including phenoxy) is 2. The first kappa shape index (κ1) is 21.5. The van der Waals surface area contributed by atoms with Crippen molar-refractivity contribution in [2.75, 3.05) is 39.3 Å².